The largest absolute Gasteiger partial charge is 0.455 e. The predicted molar refractivity (Wildman–Crippen MR) is 119 cm³/mol. The van der Waals surface area contributed by atoms with Crippen LogP contribution in [0, 0.1) is 0 Å². The quantitative estimate of drug-likeness (QED) is 0.573. The fourth-order valence-corrected chi connectivity index (χ4v) is 4.35. The Labute approximate surface area is 180 Å². The second-order valence-corrected chi connectivity index (χ2v) is 7.86. The lowest BCUT2D eigenvalue weighted by Crippen LogP contribution is -2.44. The van der Waals surface area contributed by atoms with Crippen LogP contribution in [0.15, 0.2) is 53.3 Å². The average Bonchev–Trinajstić information content (AvgIpc) is 3.06. The van der Waals surface area contributed by atoms with Crippen LogP contribution in [-0.2, 0) is 33.8 Å². The van der Waals surface area contributed by atoms with Gasteiger partial charge in [-0.2, -0.15) is 0 Å². The van der Waals surface area contributed by atoms with Gasteiger partial charge < -0.3 is 9.64 Å². The summed E-state index contributed by atoms with van der Waals surface area (Å²) in [6, 6.07) is 15.4. The lowest BCUT2D eigenvalue weighted by molar-refractivity contribution is -0.148. The number of esters is 1. The molecule has 2 heterocycles. The van der Waals surface area contributed by atoms with Crippen molar-refractivity contribution in [3.63, 3.8) is 0 Å². The maximum absolute atomic E-state index is 12.8. The van der Waals surface area contributed by atoms with Gasteiger partial charge in [-0.25, -0.2) is 4.79 Å². The van der Waals surface area contributed by atoms with E-state index in [4.69, 9.17) is 4.74 Å². The molecule has 1 aliphatic rings. The molecule has 1 unspecified atom stereocenters. The zero-order chi connectivity index (χ0) is 22.0. The maximum atomic E-state index is 12.8. The smallest absolute Gasteiger partial charge is 0.329 e. The zero-order valence-electron chi connectivity index (χ0n) is 17.9. The Morgan fingerprint density at radius 3 is 2.45 bits per heavy atom. The number of hydrogen-bond donors (Lipinski definition) is 0. The Kier molecular flexibility index (Phi) is 5.93. The number of amides is 1. The lowest BCUT2D eigenvalue weighted by Gasteiger charge is -2.35. The van der Waals surface area contributed by atoms with Crippen molar-refractivity contribution >= 4 is 28.6 Å². The van der Waals surface area contributed by atoms with Gasteiger partial charge in [0.05, 0.1) is 17.5 Å². The van der Waals surface area contributed by atoms with Crippen molar-refractivity contribution in [3.05, 3.63) is 64.6 Å². The summed E-state index contributed by atoms with van der Waals surface area (Å²) in [5.74, 6) is -0.723. The molecule has 4 rings (SSSR count). The van der Waals surface area contributed by atoms with Crippen molar-refractivity contribution in [1.82, 2.24) is 9.13 Å². The number of imidazole rings is 1. The maximum Gasteiger partial charge on any atom is 0.329 e. The number of carbonyl (C=O) groups is 2. The summed E-state index contributed by atoms with van der Waals surface area (Å²) < 4.78 is 8.54. The number of aryl methyl sites for hydroxylation is 3. The Hall–Kier alpha value is -3.35. The minimum atomic E-state index is -0.494. The van der Waals surface area contributed by atoms with Gasteiger partial charge in [-0.1, -0.05) is 30.3 Å². The Balaban J connectivity index is 1.40. The second kappa shape index (κ2) is 8.79. The average molecular weight is 421 g/mol. The molecule has 0 fully saturated rings. The van der Waals surface area contributed by atoms with Crippen LogP contribution in [0.25, 0.3) is 11.0 Å². The number of anilines is 1. The Morgan fingerprint density at radius 1 is 1.03 bits per heavy atom. The normalized spacial score (nSPS) is 15.7. The first-order valence-corrected chi connectivity index (χ1v) is 10.7. The van der Waals surface area contributed by atoms with Gasteiger partial charge in [-0.05, 0) is 50.5 Å². The highest BCUT2D eigenvalue weighted by atomic mass is 16.5. The SMILES string of the molecule is CCn1c(=O)n(CCC(=O)OCC(=O)N2c3ccccc3CCC2C)c2ccccc21. The fraction of sp³-hybridized carbons (Fsp3) is 0.375. The summed E-state index contributed by atoms with van der Waals surface area (Å²) in [5.41, 5.74) is 3.51. The van der Waals surface area contributed by atoms with Gasteiger partial charge in [-0.15, -0.1) is 0 Å². The molecular weight excluding hydrogens is 394 g/mol. The molecule has 1 amide bonds. The van der Waals surface area contributed by atoms with Crippen molar-refractivity contribution in [1.29, 1.82) is 0 Å². The number of rotatable bonds is 6. The molecule has 2 aromatic carbocycles. The van der Waals surface area contributed by atoms with Gasteiger partial charge in [0.15, 0.2) is 6.61 Å². The van der Waals surface area contributed by atoms with Crippen LogP contribution in [0.5, 0.6) is 0 Å². The summed E-state index contributed by atoms with van der Waals surface area (Å²) in [6.45, 7) is 4.38. The highest BCUT2D eigenvalue weighted by Gasteiger charge is 2.28. The first-order chi connectivity index (χ1) is 15.0. The van der Waals surface area contributed by atoms with Crippen LogP contribution in [0.1, 0.15) is 32.3 Å². The van der Waals surface area contributed by atoms with Crippen LogP contribution >= 0.6 is 0 Å². The minimum absolute atomic E-state index is 0.0249. The number of benzene rings is 2. The number of carbonyl (C=O) groups excluding carboxylic acids is 2. The van der Waals surface area contributed by atoms with Crippen LogP contribution in [0.2, 0.25) is 0 Å². The molecule has 1 aromatic heterocycles. The van der Waals surface area contributed by atoms with Crippen molar-refractivity contribution in [2.24, 2.45) is 0 Å². The van der Waals surface area contributed by atoms with Gasteiger partial charge in [0.1, 0.15) is 0 Å². The molecule has 162 valence electrons. The topological polar surface area (TPSA) is 73.5 Å². The number of nitrogens with zero attached hydrogens (tertiary/aromatic N) is 3. The number of aromatic nitrogens is 2. The monoisotopic (exact) mass is 421 g/mol. The van der Waals surface area contributed by atoms with E-state index in [1.54, 1.807) is 14.0 Å². The number of hydrogen-bond acceptors (Lipinski definition) is 4. The molecule has 0 aliphatic carbocycles. The first-order valence-electron chi connectivity index (χ1n) is 10.7. The van der Waals surface area contributed by atoms with Crippen molar-refractivity contribution in [3.8, 4) is 0 Å². The minimum Gasteiger partial charge on any atom is -0.455 e. The second-order valence-electron chi connectivity index (χ2n) is 7.86. The van der Waals surface area contributed by atoms with E-state index in [0.29, 0.717) is 6.54 Å². The Morgan fingerprint density at radius 2 is 1.71 bits per heavy atom. The standard InChI is InChI=1S/C24H27N3O4/c1-3-25-20-10-6-7-11-21(20)26(24(25)30)15-14-23(29)31-16-22(28)27-17(2)12-13-18-8-4-5-9-19(18)27/h4-11,17H,3,12-16H2,1-2H3. The van der Waals surface area contributed by atoms with Crippen molar-refractivity contribution < 1.29 is 14.3 Å². The van der Waals surface area contributed by atoms with Gasteiger partial charge >= 0.3 is 11.7 Å². The van der Waals surface area contributed by atoms with Gasteiger partial charge in [-0.3, -0.25) is 18.7 Å². The number of para-hydroxylation sites is 3. The van der Waals surface area contributed by atoms with E-state index < -0.39 is 5.97 Å². The summed E-state index contributed by atoms with van der Waals surface area (Å²) in [5, 5.41) is 0. The van der Waals surface area contributed by atoms with Crippen molar-refractivity contribution in [2.45, 2.75) is 52.2 Å². The van der Waals surface area contributed by atoms with E-state index >= 15 is 0 Å². The molecule has 1 atom stereocenters. The zero-order valence-corrected chi connectivity index (χ0v) is 17.9. The third-order valence-electron chi connectivity index (χ3n) is 5.93. The molecule has 7 heteroatoms. The molecule has 0 spiro atoms. The summed E-state index contributed by atoms with van der Waals surface area (Å²) >= 11 is 0. The number of fused-ring (bicyclic) bond motifs is 2. The third-order valence-corrected chi connectivity index (χ3v) is 5.93. The van der Waals surface area contributed by atoms with Crippen LogP contribution in [0.3, 0.4) is 0 Å². The molecule has 0 saturated carbocycles. The highest BCUT2D eigenvalue weighted by molar-refractivity contribution is 5.96. The van der Waals surface area contributed by atoms with E-state index in [1.165, 1.54) is 0 Å². The number of ether oxygens (including phenoxy) is 1. The summed E-state index contributed by atoms with van der Waals surface area (Å²) in [4.78, 5) is 39.5. The van der Waals surface area contributed by atoms with E-state index in [-0.39, 0.29) is 37.2 Å². The molecular formula is C24H27N3O4. The molecule has 0 radical (unpaired) electrons. The molecule has 31 heavy (non-hydrogen) atoms. The van der Waals surface area contributed by atoms with Crippen LogP contribution in [0.4, 0.5) is 5.69 Å². The molecule has 0 bridgehead atoms. The van der Waals surface area contributed by atoms with Crippen LogP contribution in [-0.4, -0.2) is 33.7 Å². The molecule has 1 aliphatic heterocycles. The van der Waals surface area contributed by atoms with E-state index in [2.05, 4.69) is 0 Å². The van der Waals surface area contributed by atoms with Gasteiger partial charge in [0, 0.05) is 24.8 Å². The van der Waals surface area contributed by atoms with E-state index in [9.17, 15) is 14.4 Å². The molecule has 0 N–H and O–H groups in total. The summed E-state index contributed by atoms with van der Waals surface area (Å²) in [7, 11) is 0. The summed E-state index contributed by atoms with van der Waals surface area (Å²) in [6.07, 6.45) is 1.83. The molecule has 0 saturated heterocycles. The third kappa shape index (κ3) is 4.00. The van der Waals surface area contributed by atoms with Crippen molar-refractivity contribution in [2.75, 3.05) is 11.5 Å². The van der Waals surface area contributed by atoms with E-state index in [1.807, 2.05) is 62.4 Å². The van der Waals surface area contributed by atoms with E-state index in [0.717, 1.165) is 35.1 Å². The van der Waals surface area contributed by atoms with Gasteiger partial charge in [0.2, 0.25) is 0 Å². The first kappa shape index (κ1) is 20.9. The highest BCUT2D eigenvalue weighted by Crippen LogP contribution is 2.30. The predicted octanol–water partition coefficient (Wildman–Crippen LogP) is 3.12. The van der Waals surface area contributed by atoms with Crippen LogP contribution < -0.4 is 10.6 Å². The Bertz CT molecular complexity index is 1180. The fourth-order valence-electron chi connectivity index (χ4n) is 4.35. The lowest BCUT2D eigenvalue weighted by atomic mass is 9.96. The molecule has 7 nitrogen and oxygen atoms in total. The van der Waals surface area contributed by atoms with Gasteiger partial charge in [0.25, 0.3) is 5.91 Å². The molecule has 3 aromatic rings.